The number of hydrogen-bond donors (Lipinski definition) is 3. The van der Waals surface area contributed by atoms with Crippen molar-refractivity contribution in [2.75, 3.05) is 5.32 Å². The van der Waals surface area contributed by atoms with Gasteiger partial charge in [0.2, 0.25) is 0 Å². The number of halogens is 3. The van der Waals surface area contributed by atoms with Crippen molar-refractivity contribution in [3.05, 3.63) is 90.3 Å². The van der Waals surface area contributed by atoms with Crippen LogP contribution >= 0.6 is 12.2 Å². The number of rotatable bonds is 7. The molecule has 196 valence electrons. The van der Waals surface area contributed by atoms with Crippen LogP contribution in [0.15, 0.2) is 79.1 Å². The summed E-state index contributed by atoms with van der Waals surface area (Å²) in [5.74, 6) is 0.112. The SMILES string of the molecule is CCc1ccccc1NC(=S)NC(=O)NCc1ccc(-c2ncn(-c3ccc(OC(F)(F)F)cc3)n2)cc1. The first kappa shape index (κ1) is 26.6. The van der Waals surface area contributed by atoms with E-state index < -0.39 is 12.4 Å². The first-order valence-corrected chi connectivity index (χ1v) is 11.9. The lowest BCUT2D eigenvalue weighted by Gasteiger charge is -2.13. The number of nitrogens with zero attached hydrogens (tertiary/aromatic N) is 3. The standard InChI is InChI=1S/C26H23F3N6O2S/c1-2-18-5-3-4-6-22(18)32-25(38)33-24(36)30-15-17-7-9-19(10-8-17)23-31-16-35(34-23)20-11-13-21(14-12-20)37-26(27,28)29/h3-14,16H,2,15H2,1H3,(H3,30,32,33,36,38). The first-order chi connectivity index (χ1) is 18.2. The first-order valence-electron chi connectivity index (χ1n) is 11.5. The summed E-state index contributed by atoms with van der Waals surface area (Å²) in [5, 5.41) is 13.0. The number of alkyl halides is 3. The maximum atomic E-state index is 12.3. The lowest BCUT2D eigenvalue weighted by molar-refractivity contribution is -0.274. The van der Waals surface area contributed by atoms with Crippen molar-refractivity contribution in [3.63, 3.8) is 0 Å². The molecule has 3 N–H and O–H groups in total. The monoisotopic (exact) mass is 540 g/mol. The molecule has 2 amide bonds. The summed E-state index contributed by atoms with van der Waals surface area (Å²) < 4.78 is 42.3. The highest BCUT2D eigenvalue weighted by molar-refractivity contribution is 7.80. The van der Waals surface area contributed by atoms with Gasteiger partial charge in [0.05, 0.1) is 5.69 Å². The minimum Gasteiger partial charge on any atom is -0.406 e. The Hall–Kier alpha value is -4.45. The number of thiocarbonyl (C=S) groups is 1. The van der Waals surface area contributed by atoms with E-state index in [1.54, 1.807) is 0 Å². The Morgan fingerprint density at radius 2 is 1.74 bits per heavy atom. The molecule has 12 heteroatoms. The van der Waals surface area contributed by atoms with E-state index in [1.165, 1.54) is 35.3 Å². The fourth-order valence-electron chi connectivity index (χ4n) is 3.53. The Balaban J connectivity index is 1.29. The Morgan fingerprint density at radius 3 is 2.42 bits per heavy atom. The molecule has 38 heavy (non-hydrogen) atoms. The fourth-order valence-corrected chi connectivity index (χ4v) is 3.73. The predicted molar refractivity (Wildman–Crippen MR) is 141 cm³/mol. The highest BCUT2D eigenvalue weighted by Gasteiger charge is 2.31. The zero-order chi connectivity index (χ0) is 27.1. The second kappa shape index (κ2) is 11.7. The number of carbonyl (C=O) groups is 1. The van der Waals surface area contributed by atoms with Gasteiger partial charge in [-0.3, -0.25) is 5.32 Å². The maximum absolute atomic E-state index is 12.3. The molecule has 0 aliphatic carbocycles. The van der Waals surface area contributed by atoms with E-state index in [1.807, 2.05) is 55.5 Å². The second-order valence-electron chi connectivity index (χ2n) is 8.02. The number of anilines is 1. The predicted octanol–water partition coefficient (Wildman–Crippen LogP) is 5.59. The van der Waals surface area contributed by atoms with Crippen molar-refractivity contribution >= 4 is 29.0 Å². The number of para-hydroxylation sites is 1. The third kappa shape index (κ3) is 7.29. The molecule has 0 saturated heterocycles. The van der Waals surface area contributed by atoms with Crippen LogP contribution in [0.3, 0.4) is 0 Å². The van der Waals surface area contributed by atoms with Gasteiger partial charge in [-0.15, -0.1) is 18.3 Å². The van der Waals surface area contributed by atoms with Gasteiger partial charge in [-0.1, -0.05) is 49.4 Å². The number of aryl methyl sites for hydroxylation is 1. The third-order valence-electron chi connectivity index (χ3n) is 5.37. The molecule has 0 aliphatic rings. The van der Waals surface area contributed by atoms with Crippen LogP contribution in [0.5, 0.6) is 5.75 Å². The molecule has 0 unspecified atom stereocenters. The Kier molecular flexibility index (Phi) is 8.22. The van der Waals surface area contributed by atoms with Gasteiger partial charge in [-0.05, 0) is 60.1 Å². The number of carbonyl (C=O) groups excluding carboxylic acids is 1. The van der Waals surface area contributed by atoms with Crippen LogP contribution in [0.1, 0.15) is 18.1 Å². The van der Waals surface area contributed by atoms with E-state index in [0.717, 1.165) is 28.8 Å². The molecule has 8 nitrogen and oxygen atoms in total. The van der Waals surface area contributed by atoms with Crippen LogP contribution in [0.25, 0.3) is 17.1 Å². The molecule has 1 aromatic heterocycles. The highest BCUT2D eigenvalue weighted by Crippen LogP contribution is 2.24. The zero-order valence-electron chi connectivity index (χ0n) is 20.1. The highest BCUT2D eigenvalue weighted by atomic mass is 32.1. The van der Waals surface area contributed by atoms with Crippen molar-refractivity contribution in [3.8, 4) is 22.8 Å². The molecule has 0 bridgehead atoms. The van der Waals surface area contributed by atoms with Gasteiger partial charge in [0.25, 0.3) is 0 Å². The van der Waals surface area contributed by atoms with E-state index in [9.17, 15) is 18.0 Å². The van der Waals surface area contributed by atoms with Crippen LogP contribution in [0.4, 0.5) is 23.7 Å². The summed E-state index contributed by atoms with van der Waals surface area (Å²) in [7, 11) is 0. The van der Waals surface area contributed by atoms with E-state index >= 15 is 0 Å². The van der Waals surface area contributed by atoms with Gasteiger partial charge in [0, 0.05) is 17.8 Å². The fraction of sp³-hybridized carbons (Fsp3) is 0.154. The minimum absolute atomic E-state index is 0.197. The summed E-state index contributed by atoms with van der Waals surface area (Å²) in [5.41, 5.74) is 4.03. The second-order valence-corrected chi connectivity index (χ2v) is 8.43. The molecule has 0 atom stereocenters. The molecule has 1 heterocycles. The van der Waals surface area contributed by atoms with Gasteiger partial charge in [0.1, 0.15) is 12.1 Å². The number of urea groups is 1. The zero-order valence-corrected chi connectivity index (χ0v) is 20.9. The Morgan fingerprint density at radius 1 is 1.03 bits per heavy atom. The van der Waals surface area contributed by atoms with E-state index in [2.05, 4.69) is 30.8 Å². The van der Waals surface area contributed by atoms with E-state index in [-0.39, 0.29) is 17.4 Å². The van der Waals surface area contributed by atoms with Crippen molar-refractivity contribution in [1.29, 1.82) is 0 Å². The van der Waals surface area contributed by atoms with Gasteiger partial charge < -0.3 is 15.4 Å². The quantitative estimate of drug-likeness (QED) is 0.265. The third-order valence-corrected chi connectivity index (χ3v) is 5.57. The smallest absolute Gasteiger partial charge is 0.406 e. The molecule has 0 saturated carbocycles. The molecule has 3 aromatic carbocycles. The lowest BCUT2D eigenvalue weighted by Crippen LogP contribution is -2.41. The molecular formula is C26H23F3N6O2S. The minimum atomic E-state index is -4.75. The van der Waals surface area contributed by atoms with Gasteiger partial charge in [-0.2, -0.15) is 0 Å². The molecule has 4 aromatic rings. The molecule has 0 spiro atoms. The Bertz CT molecular complexity index is 1410. The largest absolute Gasteiger partial charge is 0.573 e. The van der Waals surface area contributed by atoms with Crippen LogP contribution in [0, 0.1) is 0 Å². The van der Waals surface area contributed by atoms with Gasteiger partial charge in [-0.25, -0.2) is 14.5 Å². The molecule has 0 radical (unpaired) electrons. The summed E-state index contributed by atoms with van der Waals surface area (Å²) in [4.78, 5) is 16.5. The molecular weight excluding hydrogens is 517 g/mol. The number of nitrogens with one attached hydrogen (secondary N) is 3. The lowest BCUT2D eigenvalue weighted by atomic mass is 10.1. The normalized spacial score (nSPS) is 11.1. The van der Waals surface area contributed by atoms with Crippen molar-refractivity contribution in [2.24, 2.45) is 0 Å². The number of benzene rings is 3. The average molecular weight is 541 g/mol. The summed E-state index contributed by atoms with van der Waals surface area (Å²) in [6, 6.07) is 19.9. The number of amides is 2. The van der Waals surface area contributed by atoms with Gasteiger partial charge in [0.15, 0.2) is 10.9 Å². The Labute approximate surface area is 221 Å². The number of aromatic nitrogens is 3. The molecule has 4 rings (SSSR count). The van der Waals surface area contributed by atoms with Crippen molar-refractivity contribution in [2.45, 2.75) is 26.3 Å². The molecule has 0 fully saturated rings. The number of hydrogen-bond acceptors (Lipinski definition) is 5. The summed E-state index contributed by atoms with van der Waals surface area (Å²) >= 11 is 5.24. The van der Waals surface area contributed by atoms with E-state index in [4.69, 9.17) is 12.2 Å². The van der Waals surface area contributed by atoms with Crippen LogP contribution in [0.2, 0.25) is 0 Å². The topological polar surface area (TPSA) is 93.1 Å². The molecule has 0 aliphatic heterocycles. The summed E-state index contributed by atoms with van der Waals surface area (Å²) in [6.07, 6.45) is -2.46. The van der Waals surface area contributed by atoms with Crippen LogP contribution in [-0.2, 0) is 13.0 Å². The number of ether oxygens (including phenoxy) is 1. The van der Waals surface area contributed by atoms with Crippen LogP contribution < -0.4 is 20.7 Å². The van der Waals surface area contributed by atoms with E-state index in [0.29, 0.717) is 11.5 Å². The van der Waals surface area contributed by atoms with Gasteiger partial charge >= 0.3 is 12.4 Å². The average Bonchev–Trinajstić information content (AvgIpc) is 3.38. The van der Waals surface area contributed by atoms with Crippen molar-refractivity contribution in [1.82, 2.24) is 25.4 Å². The summed E-state index contributed by atoms with van der Waals surface area (Å²) in [6.45, 7) is 2.31. The van der Waals surface area contributed by atoms with Crippen LogP contribution in [-0.4, -0.2) is 32.3 Å². The maximum Gasteiger partial charge on any atom is 0.573 e. The van der Waals surface area contributed by atoms with Crippen molar-refractivity contribution < 1.29 is 22.7 Å².